The third kappa shape index (κ3) is 13.4. The van der Waals surface area contributed by atoms with Crippen LogP contribution in [0.3, 0.4) is 0 Å². The molecule has 1 nitrogen and oxygen atoms in total. The molecule has 1 aromatic rings. The summed E-state index contributed by atoms with van der Waals surface area (Å²) in [6, 6.07) is 8.24. The van der Waals surface area contributed by atoms with Gasteiger partial charge in [-0.3, -0.25) is 0 Å². The lowest BCUT2D eigenvalue weighted by atomic mass is 10.0. The fourth-order valence-corrected chi connectivity index (χ4v) is 3.65. The highest BCUT2D eigenvalue weighted by Crippen LogP contribution is 2.15. The third-order valence-corrected chi connectivity index (χ3v) is 5.45. The van der Waals surface area contributed by atoms with Crippen molar-refractivity contribution in [2.45, 2.75) is 116 Å². The van der Waals surface area contributed by atoms with Crippen LogP contribution in [0, 0.1) is 6.61 Å². The molecule has 0 saturated carbocycles. The van der Waals surface area contributed by atoms with E-state index >= 15 is 0 Å². The Bertz CT molecular complexity index is 395. The predicted octanol–water partition coefficient (Wildman–Crippen LogP) is 8.37. The van der Waals surface area contributed by atoms with Gasteiger partial charge in [-0.2, -0.15) is 0 Å². The Kier molecular flexibility index (Phi) is 15.7. The lowest BCUT2D eigenvalue weighted by molar-refractivity contribution is 0.415. The van der Waals surface area contributed by atoms with Crippen LogP contribution < -0.4 is 0 Å². The summed E-state index contributed by atoms with van der Waals surface area (Å²) in [6.45, 7) is 3.46. The third-order valence-electron chi connectivity index (χ3n) is 5.45. The first-order valence-corrected chi connectivity index (χ1v) is 11.4. The summed E-state index contributed by atoms with van der Waals surface area (Å²) >= 11 is 0. The first-order chi connectivity index (χ1) is 12.9. The Labute approximate surface area is 163 Å². The van der Waals surface area contributed by atoms with Crippen molar-refractivity contribution in [2.24, 2.45) is 0 Å². The van der Waals surface area contributed by atoms with E-state index in [2.05, 4.69) is 19.1 Å². The number of benzene rings is 1. The van der Waals surface area contributed by atoms with E-state index < -0.39 is 0 Å². The first kappa shape index (κ1) is 23.2. The van der Waals surface area contributed by atoms with E-state index in [1.165, 1.54) is 121 Å². The molecule has 0 aliphatic rings. The molecule has 0 saturated heterocycles. The molecule has 0 aromatic heterocycles. The molecular formula is C25H43O. The van der Waals surface area contributed by atoms with Gasteiger partial charge in [-0.05, 0) is 24.0 Å². The highest BCUT2D eigenvalue weighted by atomic mass is 16.3. The molecule has 1 rings (SSSR count). The van der Waals surface area contributed by atoms with Gasteiger partial charge in [0, 0.05) is 0 Å². The van der Waals surface area contributed by atoms with Gasteiger partial charge in [-0.15, -0.1) is 0 Å². The molecule has 0 aliphatic carbocycles. The van der Waals surface area contributed by atoms with Gasteiger partial charge in [0.15, 0.2) is 0 Å². The smallest absolute Gasteiger partial charge is 0.109 e. The van der Waals surface area contributed by atoms with Crippen molar-refractivity contribution in [1.29, 1.82) is 0 Å². The Morgan fingerprint density at radius 2 is 0.962 bits per heavy atom. The maximum absolute atomic E-state index is 8.93. The highest BCUT2D eigenvalue weighted by molar-refractivity contribution is 5.25. The standard InChI is InChI=1S/C25H43O/c1-2-3-4-5-6-7-8-9-10-11-12-13-14-15-16-17-18-24-19-21-25(23-26)22-20-24/h19-23,26H,2-18H2,1H3. The van der Waals surface area contributed by atoms with Crippen LogP contribution in [0.5, 0.6) is 0 Å². The summed E-state index contributed by atoms with van der Waals surface area (Å²) < 4.78 is 0. The SMILES string of the molecule is CCCCCCCCCCCCCCCCCCc1ccc([CH]O)cc1. The summed E-state index contributed by atoms with van der Waals surface area (Å²) in [6.07, 6.45) is 23.9. The largest absolute Gasteiger partial charge is 0.385 e. The number of aliphatic hydroxyl groups excluding tert-OH is 1. The molecule has 0 heterocycles. The molecule has 1 radical (unpaired) electrons. The minimum Gasteiger partial charge on any atom is -0.385 e. The fourth-order valence-electron chi connectivity index (χ4n) is 3.65. The molecule has 0 fully saturated rings. The van der Waals surface area contributed by atoms with E-state index in [0.29, 0.717) is 0 Å². The Morgan fingerprint density at radius 1 is 0.577 bits per heavy atom. The van der Waals surface area contributed by atoms with Crippen molar-refractivity contribution < 1.29 is 5.11 Å². The Morgan fingerprint density at radius 3 is 1.35 bits per heavy atom. The highest BCUT2D eigenvalue weighted by Gasteiger charge is 1.97. The average molecular weight is 360 g/mol. The molecule has 1 heteroatoms. The summed E-state index contributed by atoms with van der Waals surface area (Å²) in [5.74, 6) is 0. The molecule has 0 bridgehead atoms. The van der Waals surface area contributed by atoms with E-state index in [1.807, 2.05) is 12.1 Å². The normalized spacial score (nSPS) is 11.2. The van der Waals surface area contributed by atoms with Gasteiger partial charge < -0.3 is 5.11 Å². The van der Waals surface area contributed by atoms with Crippen molar-refractivity contribution in [1.82, 2.24) is 0 Å². The summed E-state index contributed by atoms with van der Waals surface area (Å²) in [5, 5.41) is 8.93. The van der Waals surface area contributed by atoms with Gasteiger partial charge in [-0.25, -0.2) is 0 Å². The molecule has 0 unspecified atom stereocenters. The molecule has 26 heavy (non-hydrogen) atoms. The minimum absolute atomic E-state index is 0.890. The number of hydrogen-bond donors (Lipinski definition) is 1. The van der Waals surface area contributed by atoms with Gasteiger partial charge in [0.25, 0.3) is 0 Å². The van der Waals surface area contributed by atoms with Crippen molar-refractivity contribution in [3.8, 4) is 0 Å². The van der Waals surface area contributed by atoms with Crippen LogP contribution >= 0.6 is 0 Å². The number of hydrogen-bond acceptors (Lipinski definition) is 1. The van der Waals surface area contributed by atoms with E-state index in [-0.39, 0.29) is 0 Å². The lowest BCUT2D eigenvalue weighted by Crippen LogP contribution is -1.88. The van der Waals surface area contributed by atoms with E-state index in [1.54, 1.807) is 0 Å². The molecule has 149 valence electrons. The number of aliphatic hydroxyl groups is 1. The zero-order chi connectivity index (χ0) is 18.7. The minimum atomic E-state index is 0.890. The van der Waals surface area contributed by atoms with Crippen LogP contribution in [0.1, 0.15) is 121 Å². The van der Waals surface area contributed by atoms with Crippen molar-refractivity contribution >= 4 is 0 Å². The monoisotopic (exact) mass is 359 g/mol. The molecular weight excluding hydrogens is 316 g/mol. The lowest BCUT2D eigenvalue weighted by Gasteiger charge is -2.04. The second-order valence-electron chi connectivity index (χ2n) is 7.92. The maximum atomic E-state index is 8.93. The number of aryl methyl sites for hydroxylation is 1. The van der Waals surface area contributed by atoms with Crippen molar-refractivity contribution in [2.75, 3.05) is 0 Å². The van der Waals surface area contributed by atoms with Gasteiger partial charge in [0.05, 0.1) is 0 Å². The molecule has 0 aliphatic heterocycles. The second kappa shape index (κ2) is 17.6. The maximum Gasteiger partial charge on any atom is 0.109 e. The van der Waals surface area contributed by atoms with Crippen LogP contribution in [0.2, 0.25) is 0 Å². The van der Waals surface area contributed by atoms with Crippen LogP contribution in [0.4, 0.5) is 0 Å². The molecule has 0 atom stereocenters. The quantitative estimate of drug-likeness (QED) is 0.261. The predicted molar refractivity (Wildman–Crippen MR) is 115 cm³/mol. The summed E-state index contributed by atoms with van der Waals surface area (Å²) in [5.41, 5.74) is 2.28. The topological polar surface area (TPSA) is 20.2 Å². The fraction of sp³-hybridized carbons (Fsp3) is 0.720. The zero-order valence-electron chi connectivity index (χ0n) is 17.4. The van der Waals surface area contributed by atoms with Crippen LogP contribution in [-0.4, -0.2) is 5.11 Å². The molecule has 1 aromatic carbocycles. The van der Waals surface area contributed by atoms with Gasteiger partial charge in [0.1, 0.15) is 6.61 Å². The van der Waals surface area contributed by atoms with Gasteiger partial charge >= 0.3 is 0 Å². The molecule has 0 spiro atoms. The Balaban J connectivity index is 1.76. The van der Waals surface area contributed by atoms with Crippen molar-refractivity contribution in [3.05, 3.63) is 42.0 Å². The van der Waals surface area contributed by atoms with Crippen LogP contribution in [-0.2, 0) is 6.42 Å². The summed E-state index contributed by atoms with van der Waals surface area (Å²) in [7, 11) is 0. The number of rotatable bonds is 18. The zero-order valence-corrected chi connectivity index (χ0v) is 17.4. The van der Waals surface area contributed by atoms with Crippen LogP contribution in [0.25, 0.3) is 0 Å². The van der Waals surface area contributed by atoms with Gasteiger partial charge in [0.2, 0.25) is 0 Å². The summed E-state index contributed by atoms with van der Waals surface area (Å²) in [4.78, 5) is 0. The van der Waals surface area contributed by atoms with Gasteiger partial charge in [-0.1, -0.05) is 128 Å². The Hall–Kier alpha value is -0.820. The molecule has 1 N–H and O–H groups in total. The first-order valence-electron chi connectivity index (χ1n) is 11.4. The average Bonchev–Trinajstić information content (AvgIpc) is 2.68. The van der Waals surface area contributed by atoms with Crippen molar-refractivity contribution in [3.63, 3.8) is 0 Å². The van der Waals surface area contributed by atoms with E-state index in [4.69, 9.17) is 5.11 Å². The van der Waals surface area contributed by atoms with E-state index in [9.17, 15) is 0 Å². The molecule has 0 amide bonds. The number of unbranched alkanes of at least 4 members (excludes halogenated alkanes) is 15. The second-order valence-corrected chi connectivity index (χ2v) is 7.92. The van der Waals surface area contributed by atoms with E-state index in [0.717, 1.165) is 5.56 Å². The van der Waals surface area contributed by atoms with Crippen LogP contribution in [0.15, 0.2) is 24.3 Å².